The fourth-order valence-electron chi connectivity index (χ4n) is 2.78. The standard InChI is InChI=1S/C19H15ClN4O3S2/c1-11-7-13(3-4-14(11)20)15-8-12(2)22-19(23-15)24-9-16(21-10-24)17-5-6-18(28-17)29(25,26)27/h3-10H,1-2H3,(H,25,26,27). The monoisotopic (exact) mass is 446 g/mol. The number of hydrogen-bond donors (Lipinski definition) is 1. The predicted octanol–water partition coefficient (Wildman–Crippen LogP) is 4.57. The van der Waals surface area contributed by atoms with E-state index in [1.165, 1.54) is 6.07 Å². The highest BCUT2D eigenvalue weighted by molar-refractivity contribution is 7.88. The lowest BCUT2D eigenvalue weighted by molar-refractivity contribution is 0.485. The van der Waals surface area contributed by atoms with Crippen LogP contribution in [-0.2, 0) is 10.1 Å². The number of hydrogen-bond acceptors (Lipinski definition) is 6. The normalized spacial score (nSPS) is 11.7. The smallest absolute Gasteiger partial charge is 0.281 e. The van der Waals surface area contributed by atoms with Gasteiger partial charge in [-0.25, -0.2) is 15.0 Å². The van der Waals surface area contributed by atoms with Crippen LogP contribution in [0.1, 0.15) is 11.3 Å². The van der Waals surface area contributed by atoms with E-state index in [0.717, 1.165) is 33.9 Å². The van der Waals surface area contributed by atoms with Crippen molar-refractivity contribution in [2.24, 2.45) is 0 Å². The molecule has 10 heteroatoms. The van der Waals surface area contributed by atoms with Gasteiger partial charge >= 0.3 is 10.1 Å². The average Bonchev–Trinajstić information content (AvgIpc) is 3.32. The molecule has 1 N–H and O–H groups in total. The van der Waals surface area contributed by atoms with Crippen LogP contribution in [0.2, 0.25) is 5.02 Å². The fourth-order valence-corrected chi connectivity index (χ4v) is 4.52. The summed E-state index contributed by atoms with van der Waals surface area (Å²) < 4.78 is 33.2. The van der Waals surface area contributed by atoms with Crippen LogP contribution in [0.3, 0.4) is 0 Å². The van der Waals surface area contributed by atoms with Crippen LogP contribution < -0.4 is 0 Å². The van der Waals surface area contributed by atoms with Crippen molar-refractivity contribution in [3.05, 3.63) is 65.2 Å². The van der Waals surface area contributed by atoms with E-state index in [4.69, 9.17) is 16.2 Å². The summed E-state index contributed by atoms with van der Waals surface area (Å²) in [6.07, 6.45) is 3.28. The minimum absolute atomic E-state index is 0.130. The van der Waals surface area contributed by atoms with E-state index in [1.807, 2.05) is 38.1 Å². The summed E-state index contributed by atoms with van der Waals surface area (Å²) in [6, 6.07) is 10.5. The summed E-state index contributed by atoms with van der Waals surface area (Å²) in [5.74, 6) is 0.443. The second kappa shape index (κ2) is 7.34. The van der Waals surface area contributed by atoms with Crippen LogP contribution >= 0.6 is 22.9 Å². The van der Waals surface area contributed by atoms with Gasteiger partial charge in [0.1, 0.15) is 10.5 Å². The van der Waals surface area contributed by atoms with Crippen molar-refractivity contribution in [3.8, 4) is 27.8 Å². The maximum Gasteiger partial charge on any atom is 0.304 e. The van der Waals surface area contributed by atoms with E-state index in [9.17, 15) is 8.42 Å². The summed E-state index contributed by atoms with van der Waals surface area (Å²) in [7, 11) is -4.23. The average molecular weight is 447 g/mol. The Hall–Kier alpha value is -2.59. The molecule has 0 spiro atoms. The third kappa shape index (κ3) is 4.08. The van der Waals surface area contributed by atoms with Crippen LogP contribution in [0, 0.1) is 13.8 Å². The second-order valence-corrected chi connectivity index (χ2v) is 9.56. The molecule has 0 unspecified atom stereocenters. The molecule has 29 heavy (non-hydrogen) atoms. The van der Waals surface area contributed by atoms with E-state index >= 15 is 0 Å². The van der Waals surface area contributed by atoms with E-state index in [-0.39, 0.29) is 4.21 Å². The lowest BCUT2D eigenvalue weighted by Crippen LogP contribution is -2.01. The zero-order valence-corrected chi connectivity index (χ0v) is 17.8. The van der Waals surface area contributed by atoms with Crippen molar-refractivity contribution in [2.45, 2.75) is 18.1 Å². The van der Waals surface area contributed by atoms with E-state index < -0.39 is 10.1 Å². The Kier molecular flexibility index (Phi) is 4.99. The molecule has 7 nitrogen and oxygen atoms in total. The van der Waals surface area contributed by atoms with E-state index in [1.54, 1.807) is 23.2 Å². The highest BCUT2D eigenvalue weighted by Gasteiger charge is 2.16. The topological polar surface area (TPSA) is 98.0 Å². The van der Waals surface area contributed by atoms with Gasteiger partial charge in [-0.2, -0.15) is 8.42 Å². The van der Waals surface area contributed by atoms with Crippen molar-refractivity contribution in [3.63, 3.8) is 0 Å². The largest absolute Gasteiger partial charge is 0.304 e. The highest BCUT2D eigenvalue weighted by Crippen LogP contribution is 2.30. The Morgan fingerprint density at radius 2 is 1.86 bits per heavy atom. The SMILES string of the molecule is Cc1cc(-c2ccc(Cl)c(C)c2)nc(-n2cnc(-c3ccc(S(=O)(=O)O)s3)c2)n1. The van der Waals surface area contributed by atoms with Crippen molar-refractivity contribution >= 4 is 33.1 Å². The van der Waals surface area contributed by atoms with Crippen molar-refractivity contribution in [1.29, 1.82) is 0 Å². The predicted molar refractivity (Wildman–Crippen MR) is 112 cm³/mol. The number of thiophene rings is 1. The van der Waals surface area contributed by atoms with E-state index in [2.05, 4.69) is 15.0 Å². The number of aryl methyl sites for hydroxylation is 2. The maximum absolute atomic E-state index is 11.3. The van der Waals surface area contributed by atoms with Crippen LogP contribution in [0.15, 0.2) is 53.1 Å². The highest BCUT2D eigenvalue weighted by atomic mass is 35.5. The Labute approximate surface area is 176 Å². The molecule has 3 aromatic heterocycles. The van der Waals surface area contributed by atoms with Gasteiger partial charge in [0.25, 0.3) is 0 Å². The molecule has 0 atom stereocenters. The van der Waals surface area contributed by atoms with Gasteiger partial charge in [-0.1, -0.05) is 17.7 Å². The molecule has 3 heterocycles. The number of halogens is 1. The Bertz CT molecular complexity index is 1330. The van der Waals surface area contributed by atoms with Gasteiger partial charge in [0.2, 0.25) is 5.95 Å². The molecular formula is C19H15ClN4O3S2. The molecule has 0 amide bonds. The first kappa shape index (κ1) is 19.7. The molecule has 0 saturated carbocycles. The number of benzene rings is 1. The Balaban J connectivity index is 1.72. The Morgan fingerprint density at radius 3 is 2.55 bits per heavy atom. The second-order valence-electron chi connectivity index (χ2n) is 6.42. The van der Waals surface area contributed by atoms with Gasteiger partial charge in [-0.3, -0.25) is 9.12 Å². The molecule has 0 radical (unpaired) electrons. The molecule has 0 aliphatic rings. The van der Waals surface area contributed by atoms with Gasteiger partial charge < -0.3 is 0 Å². The first-order chi connectivity index (χ1) is 13.7. The van der Waals surface area contributed by atoms with Gasteiger partial charge in [0.05, 0.1) is 16.3 Å². The zero-order chi connectivity index (χ0) is 20.8. The number of rotatable bonds is 4. The number of nitrogens with zero attached hydrogens (tertiary/aromatic N) is 4. The maximum atomic E-state index is 11.3. The van der Waals surface area contributed by atoms with Crippen LogP contribution in [-0.4, -0.2) is 32.5 Å². The minimum atomic E-state index is -4.23. The van der Waals surface area contributed by atoms with Gasteiger partial charge in [0, 0.05) is 22.5 Å². The molecule has 0 aliphatic carbocycles. The third-order valence-electron chi connectivity index (χ3n) is 4.20. The first-order valence-electron chi connectivity index (χ1n) is 8.45. The summed E-state index contributed by atoms with van der Waals surface area (Å²) >= 11 is 7.06. The molecular weight excluding hydrogens is 432 g/mol. The van der Waals surface area contributed by atoms with Crippen LogP contribution in [0.25, 0.3) is 27.8 Å². The van der Waals surface area contributed by atoms with Crippen LogP contribution in [0.5, 0.6) is 0 Å². The summed E-state index contributed by atoms with van der Waals surface area (Å²) in [6.45, 7) is 3.82. The first-order valence-corrected chi connectivity index (χ1v) is 11.1. The fraction of sp³-hybridized carbons (Fsp3) is 0.105. The number of aromatic nitrogens is 4. The van der Waals surface area contributed by atoms with Gasteiger partial charge in [0.15, 0.2) is 0 Å². The number of imidazole rings is 1. The molecule has 0 bridgehead atoms. The summed E-state index contributed by atoms with van der Waals surface area (Å²) in [5, 5.41) is 0.694. The summed E-state index contributed by atoms with van der Waals surface area (Å²) in [5.41, 5.74) is 3.98. The van der Waals surface area contributed by atoms with E-state index in [0.29, 0.717) is 21.5 Å². The zero-order valence-electron chi connectivity index (χ0n) is 15.4. The molecule has 1 aromatic carbocycles. The van der Waals surface area contributed by atoms with Gasteiger partial charge in [-0.15, -0.1) is 11.3 Å². The lowest BCUT2D eigenvalue weighted by Gasteiger charge is -2.08. The third-order valence-corrected chi connectivity index (χ3v) is 7.05. The quantitative estimate of drug-likeness (QED) is 0.461. The molecule has 4 rings (SSSR count). The Morgan fingerprint density at radius 1 is 1.07 bits per heavy atom. The van der Waals surface area contributed by atoms with Crippen molar-refractivity contribution in [1.82, 2.24) is 19.5 Å². The molecule has 0 saturated heterocycles. The molecule has 0 fully saturated rings. The van der Waals surface area contributed by atoms with Crippen molar-refractivity contribution < 1.29 is 13.0 Å². The summed E-state index contributed by atoms with van der Waals surface area (Å²) in [4.78, 5) is 14.0. The lowest BCUT2D eigenvalue weighted by atomic mass is 10.1. The molecule has 148 valence electrons. The molecule has 4 aromatic rings. The van der Waals surface area contributed by atoms with Crippen LogP contribution in [0.4, 0.5) is 0 Å². The molecule has 0 aliphatic heterocycles. The minimum Gasteiger partial charge on any atom is -0.281 e. The van der Waals surface area contributed by atoms with Gasteiger partial charge in [-0.05, 0) is 49.7 Å². The van der Waals surface area contributed by atoms with Crippen molar-refractivity contribution in [2.75, 3.05) is 0 Å².